The molecule has 0 fully saturated rings. The third-order valence-electron chi connectivity index (χ3n) is 1.84. The molecule has 0 rings (SSSR count). The van der Waals surface area contributed by atoms with Crippen LogP contribution in [-0.4, -0.2) is 37.4 Å². The van der Waals surface area contributed by atoms with Crippen molar-refractivity contribution in [2.75, 3.05) is 7.11 Å². The zero-order valence-corrected chi connectivity index (χ0v) is 13.1. The summed E-state index contributed by atoms with van der Waals surface area (Å²) in [6, 6.07) is 0. The van der Waals surface area contributed by atoms with Crippen LogP contribution in [0.1, 0.15) is 27.7 Å². The number of hydrogen-bond donors (Lipinski definition) is 0. The summed E-state index contributed by atoms with van der Waals surface area (Å²) in [7, 11) is 0.465. The predicted molar refractivity (Wildman–Crippen MR) is 71.3 cm³/mol. The molecule has 0 aromatic rings. The van der Waals surface area contributed by atoms with Gasteiger partial charge in [0.25, 0.3) is 0 Å². The number of terminal acetylenes is 2. The van der Waals surface area contributed by atoms with Gasteiger partial charge in [-0.05, 0) is 27.7 Å². The van der Waals surface area contributed by atoms with Crippen molar-refractivity contribution in [3.8, 4) is 24.7 Å². The predicted octanol–water partition coefficient (Wildman–Crippen LogP) is 1.55. The van der Waals surface area contributed by atoms with Gasteiger partial charge >= 0.3 is 9.28 Å². The molecular formula is C12H19O3Si2. The van der Waals surface area contributed by atoms with Crippen LogP contribution in [0.15, 0.2) is 0 Å². The van der Waals surface area contributed by atoms with Crippen molar-refractivity contribution in [2.24, 2.45) is 0 Å². The molecule has 0 saturated carbocycles. The van der Waals surface area contributed by atoms with Crippen molar-refractivity contribution >= 4 is 19.0 Å². The molecule has 0 N–H and O–H groups in total. The Morgan fingerprint density at radius 3 is 2.06 bits per heavy atom. The lowest BCUT2D eigenvalue weighted by atomic mass is 10.2. The van der Waals surface area contributed by atoms with Crippen molar-refractivity contribution in [1.29, 1.82) is 0 Å². The van der Waals surface area contributed by atoms with Gasteiger partial charge in [0.15, 0.2) is 0 Å². The molecule has 3 radical (unpaired) electrons. The Labute approximate surface area is 109 Å². The van der Waals surface area contributed by atoms with Crippen LogP contribution in [-0.2, 0) is 13.3 Å². The Balaban J connectivity index is 4.10. The Hall–Kier alpha value is -0.566. The van der Waals surface area contributed by atoms with E-state index in [0.717, 1.165) is 0 Å². The molecule has 0 atom stereocenters. The van der Waals surface area contributed by atoms with Gasteiger partial charge in [-0.15, -0.1) is 12.8 Å². The summed E-state index contributed by atoms with van der Waals surface area (Å²) < 4.78 is 16.6. The minimum Gasteiger partial charge on any atom is -0.402 e. The van der Waals surface area contributed by atoms with Gasteiger partial charge in [0.05, 0.1) is 0 Å². The molecule has 3 nitrogen and oxygen atoms in total. The van der Waals surface area contributed by atoms with Gasteiger partial charge in [-0.1, -0.05) is 11.8 Å². The van der Waals surface area contributed by atoms with E-state index in [1.165, 1.54) is 0 Å². The van der Waals surface area contributed by atoms with E-state index in [9.17, 15) is 0 Å². The molecule has 0 amide bonds. The van der Waals surface area contributed by atoms with Gasteiger partial charge in [0.1, 0.15) is 11.2 Å². The maximum atomic E-state index is 5.70. The molecule has 0 spiro atoms. The Bertz CT molecular complexity index is 313. The van der Waals surface area contributed by atoms with Crippen LogP contribution >= 0.6 is 0 Å². The molecule has 0 aliphatic carbocycles. The summed E-state index contributed by atoms with van der Waals surface area (Å²) in [6.07, 6.45) is 10.7. The molecule has 0 aromatic carbocycles. The highest BCUT2D eigenvalue weighted by molar-refractivity contribution is 6.58. The zero-order valence-electron chi connectivity index (χ0n) is 11.1. The van der Waals surface area contributed by atoms with Crippen molar-refractivity contribution in [3.63, 3.8) is 0 Å². The molecule has 0 bridgehead atoms. The first kappa shape index (κ1) is 16.4. The van der Waals surface area contributed by atoms with Crippen LogP contribution in [0.2, 0.25) is 5.67 Å². The third-order valence-corrected chi connectivity index (χ3v) is 5.42. The number of rotatable bonds is 7. The minimum absolute atomic E-state index is 0.249. The van der Waals surface area contributed by atoms with Crippen molar-refractivity contribution < 1.29 is 13.3 Å². The topological polar surface area (TPSA) is 27.7 Å². The lowest BCUT2D eigenvalue weighted by molar-refractivity contribution is 0.126. The Morgan fingerprint density at radius 2 is 1.65 bits per heavy atom. The summed E-state index contributed by atoms with van der Waals surface area (Å²) >= 11 is 0. The standard InChI is InChI=1S/C12H19O3Si2/c1-8-11(3,4)14-16-10-17(13-7)15-12(5,6)9-2/h1-2H,10H2,3-7H3. The molecule has 0 heterocycles. The van der Waals surface area contributed by atoms with E-state index >= 15 is 0 Å². The van der Waals surface area contributed by atoms with E-state index in [1.54, 1.807) is 7.11 Å². The summed E-state index contributed by atoms with van der Waals surface area (Å²) in [5.74, 6) is 5.15. The second kappa shape index (κ2) is 7.00. The molecule has 0 aliphatic rings. The highest BCUT2D eigenvalue weighted by Gasteiger charge is 2.26. The van der Waals surface area contributed by atoms with Crippen LogP contribution in [0.5, 0.6) is 0 Å². The quantitative estimate of drug-likeness (QED) is 0.517. The second-order valence-corrected chi connectivity index (χ2v) is 7.67. The molecule has 0 saturated heterocycles. The maximum Gasteiger partial charge on any atom is 0.384 e. The van der Waals surface area contributed by atoms with E-state index in [4.69, 9.17) is 26.1 Å². The fraction of sp³-hybridized carbons (Fsp3) is 0.667. The minimum atomic E-state index is -1.41. The van der Waals surface area contributed by atoms with Crippen LogP contribution < -0.4 is 0 Å². The monoisotopic (exact) mass is 267 g/mol. The van der Waals surface area contributed by atoms with Gasteiger partial charge in [0, 0.05) is 12.8 Å². The van der Waals surface area contributed by atoms with E-state index < -0.39 is 20.5 Å². The molecule has 5 heteroatoms. The average molecular weight is 267 g/mol. The SMILES string of the molecule is C#CC(C)(C)O[Si]C[Si](OC)OC(C)(C)C#C. The van der Waals surface area contributed by atoms with Crippen molar-refractivity contribution in [2.45, 2.75) is 44.6 Å². The molecule has 0 unspecified atom stereocenters. The van der Waals surface area contributed by atoms with Gasteiger partial charge in [-0.3, -0.25) is 0 Å². The van der Waals surface area contributed by atoms with E-state index in [2.05, 4.69) is 11.8 Å². The molecule has 93 valence electrons. The van der Waals surface area contributed by atoms with E-state index in [0.29, 0.717) is 5.67 Å². The molecular weight excluding hydrogens is 248 g/mol. The van der Waals surface area contributed by atoms with Crippen molar-refractivity contribution in [3.05, 3.63) is 0 Å². The van der Waals surface area contributed by atoms with Gasteiger partial charge in [-0.2, -0.15) is 0 Å². The van der Waals surface area contributed by atoms with Crippen LogP contribution in [0, 0.1) is 24.7 Å². The molecule has 17 heavy (non-hydrogen) atoms. The van der Waals surface area contributed by atoms with Crippen LogP contribution in [0.25, 0.3) is 0 Å². The molecule has 0 aromatic heterocycles. The zero-order chi connectivity index (χ0) is 13.5. The number of hydrogen-bond acceptors (Lipinski definition) is 3. The first-order chi connectivity index (χ1) is 7.76. The first-order valence-electron chi connectivity index (χ1n) is 5.21. The Morgan fingerprint density at radius 1 is 1.12 bits per heavy atom. The smallest absolute Gasteiger partial charge is 0.384 e. The summed E-state index contributed by atoms with van der Waals surface area (Å²) in [4.78, 5) is 0. The van der Waals surface area contributed by atoms with Crippen LogP contribution in [0.4, 0.5) is 0 Å². The third kappa shape index (κ3) is 7.37. The highest BCUT2D eigenvalue weighted by Crippen LogP contribution is 2.12. The molecule has 0 aliphatic heterocycles. The van der Waals surface area contributed by atoms with E-state index in [1.807, 2.05) is 27.7 Å². The first-order valence-corrected chi connectivity index (χ1v) is 7.85. The maximum absolute atomic E-state index is 5.70. The van der Waals surface area contributed by atoms with Crippen molar-refractivity contribution in [1.82, 2.24) is 0 Å². The fourth-order valence-electron chi connectivity index (χ4n) is 0.769. The Kier molecular flexibility index (Phi) is 6.77. The second-order valence-electron chi connectivity index (χ2n) is 4.41. The summed E-state index contributed by atoms with van der Waals surface area (Å²) in [6.45, 7) is 7.38. The van der Waals surface area contributed by atoms with Gasteiger partial charge in [-0.25, -0.2) is 0 Å². The lowest BCUT2D eigenvalue weighted by Crippen LogP contribution is -2.36. The summed E-state index contributed by atoms with van der Waals surface area (Å²) in [5, 5.41) is 0. The van der Waals surface area contributed by atoms with E-state index in [-0.39, 0.29) is 9.76 Å². The van der Waals surface area contributed by atoms with Crippen LogP contribution in [0.3, 0.4) is 0 Å². The largest absolute Gasteiger partial charge is 0.402 e. The normalized spacial score (nSPS) is 12.2. The van der Waals surface area contributed by atoms with Gasteiger partial charge in [0.2, 0.25) is 9.76 Å². The average Bonchev–Trinajstić information content (AvgIpc) is 2.27. The summed E-state index contributed by atoms with van der Waals surface area (Å²) in [5.41, 5.74) is -0.436. The lowest BCUT2D eigenvalue weighted by Gasteiger charge is -2.24. The van der Waals surface area contributed by atoms with Gasteiger partial charge < -0.3 is 13.3 Å². The highest BCUT2D eigenvalue weighted by atomic mass is 28.3. The fourth-order valence-corrected chi connectivity index (χ4v) is 3.53.